The van der Waals surface area contributed by atoms with Crippen LogP contribution in [0.15, 0.2) is 108 Å². The minimum atomic E-state index is -0.670. The number of amides is 1. The van der Waals surface area contributed by atoms with E-state index in [-0.39, 0.29) is 6.10 Å². The van der Waals surface area contributed by atoms with Gasteiger partial charge in [-0.05, 0) is 89.5 Å². The molecule has 3 aliphatic heterocycles. The van der Waals surface area contributed by atoms with E-state index < -0.39 is 17.4 Å². The number of aryl methyl sites for hydroxylation is 1. The molecule has 0 spiro atoms. The second-order valence-corrected chi connectivity index (χ2v) is 12.6. The van der Waals surface area contributed by atoms with E-state index in [0.717, 1.165) is 61.0 Å². The van der Waals surface area contributed by atoms with Crippen molar-refractivity contribution in [3.8, 4) is 0 Å². The molecule has 0 radical (unpaired) electrons. The molecule has 250 valence electrons. The number of anilines is 1. The summed E-state index contributed by atoms with van der Waals surface area (Å²) in [7, 11) is 0. The number of nitrogens with zero attached hydrogens (tertiary/aromatic N) is 5. The van der Waals surface area contributed by atoms with Crippen molar-refractivity contribution in [2.45, 2.75) is 77.8 Å². The predicted octanol–water partition coefficient (Wildman–Crippen LogP) is 6.94. The van der Waals surface area contributed by atoms with E-state index in [4.69, 9.17) is 9.47 Å². The first-order valence-corrected chi connectivity index (χ1v) is 16.2. The first-order valence-electron chi connectivity index (χ1n) is 16.2. The molecule has 0 saturated carbocycles. The molecule has 0 aromatic carbocycles. The van der Waals surface area contributed by atoms with Gasteiger partial charge < -0.3 is 14.8 Å². The number of piperidine rings is 1. The van der Waals surface area contributed by atoms with E-state index >= 15 is 0 Å². The maximum atomic E-state index is 12.2. The van der Waals surface area contributed by atoms with Crippen LogP contribution in [0.2, 0.25) is 0 Å². The SMILES string of the molecule is C=C/C=C(\C=C/COC1CCN(Cc2cc(C)nc(NC(=O)OC(C)(C)C)c2)CC1)N1C2=CNC1(C(/C=C\C)=NC=C)C/C=C\C=N/2. The zero-order valence-electron chi connectivity index (χ0n) is 28.4. The molecule has 2 N–H and O–H groups in total. The van der Waals surface area contributed by atoms with Gasteiger partial charge >= 0.3 is 6.09 Å². The molecule has 1 saturated heterocycles. The van der Waals surface area contributed by atoms with Crippen LogP contribution in [-0.2, 0) is 16.0 Å². The Balaban J connectivity index is 1.34. The van der Waals surface area contributed by atoms with Crippen LogP contribution in [0.4, 0.5) is 10.6 Å². The van der Waals surface area contributed by atoms with Crippen LogP contribution in [-0.4, -0.2) is 69.9 Å². The number of carbonyl (C=O) groups is 1. The Labute approximate surface area is 279 Å². The molecule has 47 heavy (non-hydrogen) atoms. The number of hydrogen-bond donors (Lipinski definition) is 2. The van der Waals surface area contributed by atoms with Gasteiger partial charge in [-0.1, -0.05) is 37.5 Å². The Kier molecular flexibility index (Phi) is 12.3. The summed E-state index contributed by atoms with van der Waals surface area (Å²) >= 11 is 0. The third kappa shape index (κ3) is 9.73. The van der Waals surface area contributed by atoms with Gasteiger partial charge in [-0.25, -0.2) is 14.8 Å². The van der Waals surface area contributed by atoms with Gasteiger partial charge in [0.15, 0.2) is 11.5 Å². The maximum absolute atomic E-state index is 12.2. The van der Waals surface area contributed by atoms with Crippen molar-refractivity contribution in [2.24, 2.45) is 9.98 Å². The molecule has 1 aromatic rings. The Morgan fingerprint density at radius 2 is 2.02 bits per heavy atom. The summed E-state index contributed by atoms with van der Waals surface area (Å²) in [6.07, 6.45) is 23.4. The molecular formula is C37H49N7O3. The van der Waals surface area contributed by atoms with Crippen molar-refractivity contribution in [3.63, 3.8) is 0 Å². The third-order valence-corrected chi connectivity index (χ3v) is 7.72. The van der Waals surface area contributed by atoms with E-state index in [0.29, 0.717) is 18.8 Å². The van der Waals surface area contributed by atoms with Gasteiger partial charge in [0.2, 0.25) is 0 Å². The lowest BCUT2D eigenvalue weighted by atomic mass is 9.95. The van der Waals surface area contributed by atoms with Crippen LogP contribution in [0.25, 0.3) is 0 Å². The molecule has 1 amide bonds. The highest BCUT2D eigenvalue weighted by Gasteiger charge is 2.45. The summed E-state index contributed by atoms with van der Waals surface area (Å²) in [5, 5.41) is 6.32. The van der Waals surface area contributed by atoms with Gasteiger partial charge in [-0.2, -0.15) is 0 Å². The van der Waals surface area contributed by atoms with Crippen molar-refractivity contribution >= 4 is 23.8 Å². The van der Waals surface area contributed by atoms with Crippen molar-refractivity contribution in [1.29, 1.82) is 0 Å². The summed E-state index contributed by atoms with van der Waals surface area (Å²) in [6, 6.07) is 3.97. The summed E-state index contributed by atoms with van der Waals surface area (Å²) in [6.45, 7) is 20.3. The van der Waals surface area contributed by atoms with Crippen LogP contribution in [0, 0.1) is 6.92 Å². The first kappa shape index (κ1) is 35.3. The molecule has 2 bridgehead atoms. The van der Waals surface area contributed by atoms with E-state index in [1.807, 2.05) is 77.3 Å². The fourth-order valence-corrected chi connectivity index (χ4v) is 5.84. The molecule has 0 aliphatic carbocycles. The molecule has 1 fully saturated rings. The standard InChI is InChI=1S/C37H49N7O3/c1-8-14-30(44-34-26-40-37(44,19-11-12-20-39-34)32(15-9-2)38-10-3)16-13-23-46-31-17-21-43(22-18-31)27-29-24-28(4)41-33(25-29)42-35(45)47-36(5,6)7/h8-16,20,24-26,31,40H,1,3,17-19,21-23,27H2,2,4-7H3,(H,41,42,45)/b12-11-,15-9-,16-13-,30-14+,38-32?,39-20-. The van der Waals surface area contributed by atoms with Crippen LogP contribution >= 0.6 is 0 Å². The van der Waals surface area contributed by atoms with E-state index in [1.54, 1.807) is 18.5 Å². The van der Waals surface area contributed by atoms with Gasteiger partial charge in [0.05, 0.1) is 18.4 Å². The fraction of sp³-hybridized carbons (Fsp3) is 0.405. The average molecular weight is 640 g/mol. The quantitative estimate of drug-likeness (QED) is 0.189. The zero-order valence-corrected chi connectivity index (χ0v) is 28.4. The summed E-state index contributed by atoms with van der Waals surface area (Å²) in [5.74, 6) is 1.28. The highest BCUT2D eigenvalue weighted by Crippen LogP contribution is 2.36. The van der Waals surface area contributed by atoms with Crippen molar-refractivity contribution in [1.82, 2.24) is 20.1 Å². The van der Waals surface area contributed by atoms with E-state index in [9.17, 15) is 4.79 Å². The second-order valence-electron chi connectivity index (χ2n) is 12.6. The number of fused-ring (bicyclic) bond motifs is 2. The van der Waals surface area contributed by atoms with Gasteiger partial charge in [0.25, 0.3) is 0 Å². The number of likely N-dealkylation sites (tertiary alicyclic amines) is 1. The molecular weight excluding hydrogens is 590 g/mol. The summed E-state index contributed by atoms with van der Waals surface area (Å²) in [4.78, 5) is 30.6. The fourth-order valence-electron chi connectivity index (χ4n) is 5.84. The lowest BCUT2D eigenvalue weighted by Crippen LogP contribution is -2.57. The van der Waals surface area contributed by atoms with Crippen LogP contribution in [0.5, 0.6) is 0 Å². The second kappa shape index (κ2) is 16.3. The molecule has 10 nitrogen and oxygen atoms in total. The lowest BCUT2D eigenvalue weighted by molar-refractivity contribution is 0.0201. The number of rotatable bonds is 12. The van der Waals surface area contributed by atoms with Gasteiger partial charge in [0.1, 0.15) is 11.4 Å². The molecule has 1 atom stereocenters. The number of ether oxygens (including phenoxy) is 2. The number of hydrogen-bond acceptors (Lipinski definition) is 9. The minimum absolute atomic E-state index is 0.177. The van der Waals surface area contributed by atoms with Crippen LogP contribution < -0.4 is 10.6 Å². The topological polar surface area (TPSA) is 104 Å². The zero-order chi connectivity index (χ0) is 33.9. The van der Waals surface area contributed by atoms with Gasteiger partial charge in [0, 0.05) is 56.1 Å². The smallest absolute Gasteiger partial charge is 0.413 e. The van der Waals surface area contributed by atoms with Gasteiger partial charge in [-0.15, -0.1) is 0 Å². The summed E-state index contributed by atoms with van der Waals surface area (Å²) < 4.78 is 11.7. The Hall–Kier alpha value is -4.54. The molecule has 3 aliphatic rings. The lowest BCUT2D eigenvalue weighted by Gasteiger charge is -2.41. The number of aromatic nitrogens is 1. The number of carbonyl (C=O) groups excluding carboxylic acids is 1. The number of allylic oxidation sites excluding steroid dienone is 5. The predicted molar refractivity (Wildman–Crippen MR) is 191 cm³/mol. The largest absolute Gasteiger partial charge is 0.444 e. The molecule has 4 heterocycles. The Morgan fingerprint density at radius 3 is 2.72 bits per heavy atom. The highest BCUT2D eigenvalue weighted by atomic mass is 16.6. The molecule has 4 rings (SSSR count). The van der Waals surface area contributed by atoms with Crippen LogP contribution in [0.3, 0.4) is 0 Å². The Bertz CT molecular complexity index is 1500. The third-order valence-electron chi connectivity index (χ3n) is 7.72. The van der Waals surface area contributed by atoms with Gasteiger partial charge in [-0.3, -0.25) is 20.1 Å². The van der Waals surface area contributed by atoms with Crippen LogP contribution in [0.1, 0.15) is 58.2 Å². The van der Waals surface area contributed by atoms with Crippen molar-refractivity contribution in [3.05, 3.63) is 109 Å². The highest BCUT2D eigenvalue weighted by molar-refractivity contribution is 6.04. The number of aliphatic imine (C=N–C) groups is 2. The minimum Gasteiger partial charge on any atom is -0.444 e. The number of nitrogens with one attached hydrogen (secondary N) is 2. The van der Waals surface area contributed by atoms with Crippen molar-refractivity contribution in [2.75, 3.05) is 25.0 Å². The number of pyridine rings is 1. The maximum Gasteiger partial charge on any atom is 0.413 e. The van der Waals surface area contributed by atoms with E-state index in [1.165, 1.54) is 0 Å². The monoisotopic (exact) mass is 639 g/mol. The molecule has 1 aromatic heterocycles. The molecule has 1 unspecified atom stereocenters. The average Bonchev–Trinajstić information content (AvgIpc) is 3.40. The molecule has 10 heteroatoms. The Morgan fingerprint density at radius 1 is 1.23 bits per heavy atom. The first-order chi connectivity index (χ1) is 22.6. The van der Waals surface area contributed by atoms with Crippen molar-refractivity contribution < 1.29 is 14.3 Å². The normalized spacial score (nSPS) is 22.4. The van der Waals surface area contributed by atoms with E-state index in [2.05, 4.69) is 66.8 Å². The summed E-state index contributed by atoms with van der Waals surface area (Å²) in [5.41, 5.74) is 2.44.